The molecule has 4 heterocycles. The van der Waals surface area contributed by atoms with E-state index in [1.165, 1.54) is 52.9 Å². The molecule has 0 saturated heterocycles. The maximum atomic E-state index is 5.21. The predicted molar refractivity (Wildman–Crippen MR) is 238 cm³/mol. The maximum absolute atomic E-state index is 5.21. The van der Waals surface area contributed by atoms with E-state index in [1.54, 1.807) is 0 Å². The molecule has 0 N–H and O–H groups in total. The molecular formula is C51H31N5S. The van der Waals surface area contributed by atoms with Gasteiger partial charge in [0.05, 0.1) is 22.1 Å². The van der Waals surface area contributed by atoms with E-state index in [4.69, 9.17) is 15.0 Å². The van der Waals surface area contributed by atoms with Crippen LogP contribution in [0.15, 0.2) is 188 Å². The standard InChI is InChI=1S/C51H31N5S/c1-4-14-32(15-5-1)49-52-50(33-16-6-2-7-17-33)54-51(53-49)56-44-28-25-35(31-41(44)47-45(56)29-26-39-38-21-11-13-23-46(38)57-48(39)47)34-24-27-43-40(30-34)37-20-10-12-22-42(37)55(43)36-18-8-3-9-19-36/h1-31H. The smallest absolute Gasteiger partial charge is 0.238 e. The largest absolute Gasteiger partial charge is 0.309 e. The summed E-state index contributed by atoms with van der Waals surface area (Å²) in [6, 6.07) is 66.7. The van der Waals surface area contributed by atoms with Crippen molar-refractivity contribution in [2.24, 2.45) is 0 Å². The van der Waals surface area contributed by atoms with Crippen LogP contribution in [0.25, 0.3) is 109 Å². The Morgan fingerprint density at radius 3 is 1.60 bits per heavy atom. The van der Waals surface area contributed by atoms with Gasteiger partial charge in [0.25, 0.3) is 0 Å². The fraction of sp³-hybridized carbons (Fsp3) is 0. The molecule has 0 radical (unpaired) electrons. The van der Waals surface area contributed by atoms with Crippen molar-refractivity contribution in [2.45, 2.75) is 0 Å². The molecule has 57 heavy (non-hydrogen) atoms. The van der Waals surface area contributed by atoms with E-state index < -0.39 is 0 Å². The lowest BCUT2D eigenvalue weighted by Crippen LogP contribution is -2.06. The summed E-state index contributed by atoms with van der Waals surface area (Å²) in [6.07, 6.45) is 0. The summed E-state index contributed by atoms with van der Waals surface area (Å²) in [4.78, 5) is 15.4. The lowest BCUT2D eigenvalue weighted by atomic mass is 10.00. The third kappa shape index (κ3) is 4.98. The van der Waals surface area contributed by atoms with Gasteiger partial charge < -0.3 is 4.57 Å². The number of para-hydroxylation sites is 2. The number of nitrogens with zero attached hydrogens (tertiary/aromatic N) is 5. The summed E-state index contributed by atoms with van der Waals surface area (Å²) in [5.74, 6) is 1.86. The SMILES string of the molecule is c1ccc(-c2nc(-c3ccccc3)nc(-n3c4ccc(-c5ccc6c(c5)c5ccccc5n6-c5ccccc5)cc4c4c5sc6ccccc6c5ccc43)n2)cc1. The van der Waals surface area contributed by atoms with Crippen molar-refractivity contribution in [1.29, 1.82) is 0 Å². The fourth-order valence-electron chi connectivity index (χ4n) is 8.59. The quantitative estimate of drug-likeness (QED) is 0.176. The Labute approximate surface area is 331 Å². The highest BCUT2D eigenvalue weighted by Crippen LogP contribution is 2.44. The van der Waals surface area contributed by atoms with Crippen molar-refractivity contribution in [3.63, 3.8) is 0 Å². The van der Waals surface area contributed by atoms with Crippen LogP contribution in [0, 0.1) is 0 Å². The van der Waals surface area contributed by atoms with Crippen LogP contribution in [0.5, 0.6) is 0 Å². The van der Waals surface area contributed by atoms with E-state index in [0.717, 1.165) is 38.8 Å². The Morgan fingerprint density at radius 1 is 0.351 bits per heavy atom. The second-order valence-electron chi connectivity index (χ2n) is 14.4. The molecule has 0 unspecified atom stereocenters. The minimum absolute atomic E-state index is 0.589. The van der Waals surface area contributed by atoms with Crippen LogP contribution >= 0.6 is 11.3 Å². The first kappa shape index (κ1) is 31.9. The molecule has 266 valence electrons. The van der Waals surface area contributed by atoms with Gasteiger partial charge in [-0.2, -0.15) is 9.97 Å². The summed E-state index contributed by atoms with van der Waals surface area (Å²) in [6.45, 7) is 0. The number of hydrogen-bond acceptors (Lipinski definition) is 4. The second-order valence-corrected chi connectivity index (χ2v) is 15.5. The van der Waals surface area contributed by atoms with Crippen molar-refractivity contribution in [3.8, 4) is 45.5 Å². The average molecular weight is 746 g/mol. The van der Waals surface area contributed by atoms with Crippen LogP contribution in [-0.4, -0.2) is 24.1 Å². The van der Waals surface area contributed by atoms with Crippen molar-refractivity contribution >= 4 is 75.1 Å². The Morgan fingerprint density at radius 2 is 0.895 bits per heavy atom. The summed E-state index contributed by atoms with van der Waals surface area (Å²) in [5.41, 5.74) is 9.86. The van der Waals surface area contributed by atoms with Gasteiger partial charge in [0.1, 0.15) is 0 Å². The summed E-state index contributed by atoms with van der Waals surface area (Å²) < 4.78 is 7.13. The molecule has 6 heteroatoms. The molecule has 0 fully saturated rings. The summed E-state index contributed by atoms with van der Waals surface area (Å²) >= 11 is 1.85. The molecule has 0 spiro atoms. The van der Waals surface area contributed by atoms with E-state index in [0.29, 0.717) is 17.6 Å². The first-order valence-corrected chi connectivity index (χ1v) is 19.9. The van der Waals surface area contributed by atoms with E-state index in [2.05, 4.69) is 161 Å². The molecule has 0 saturated carbocycles. The summed E-state index contributed by atoms with van der Waals surface area (Å²) in [5, 5.41) is 7.36. The Hall–Kier alpha value is -7.41. The van der Waals surface area contributed by atoms with Crippen LogP contribution in [0.3, 0.4) is 0 Å². The number of fused-ring (bicyclic) bond motifs is 10. The molecule has 0 aliphatic rings. The van der Waals surface area contributed by atoms with Crippen LogP contribution < -0.4 is 0 Å². The third-order valence-electron chi connectivity index (χ3n) is 11.2. The van der Waals surface area contributed by atoms with Gasteiger partial charge in [-0.3, -0.25) is 4.57 Å². The normalized spacial score (nSPS) is 11.9. The first-order valence-electron chi connectivity index (χ1n) is 19.1. The van der Waals surface area contributed by atoms with Gasteiger partial charge in [0.15, 0.2) is 11.6 Å². The van der Waals surface area contributed by atoms with Crippen LogP contribution in [0.2, 0.25) is 0 Å². The summed E-state index contributed by atoms with van der Waals surface area (Å²) in [7, 11) is 0. The number of thiophene rings is 1. The zero-order chi connectivity index (χ0) is 37.5. The predicted octanol–water partition coefficient (Wildman–Crippen LogP) is 13.4. The fourth-order valence-corrected chi connectivity index (χ4v) is 9.85. The van der Waals surface area contributed by atoms with Crippen molar-refractivity contribution < 1.29 is 0 Å². The van der Waals surface area contributed by atoms with Crippen molar-refractivity contribution in [1.82, 2.24) is 24.1 Å². The van der Waals surface area contributed by atoms with Crippen LogP contribution in [0.4, 0.5) is 0 Å². The Kier molecular flexibility index (Phi) is 7.03. The van der Waals surface area contributed by atoms with Crippen LogP contribution in [-0.2, 0) is 0 Å². The molecule has 5 nitrogen and oxygen atoms in total. The topological polar surface area (TPSA) is 48.5 Å². The molecule has 0 aliphatic heterocycles. The van der Waals surface area contributed by atoms with E-state index >= 15 is 0 Å². The van der Waals surface area contributed by atoms with Gasteiger partial charge >= 0.3 is 0 Å². The molecule has 0 aliphatic carbocycles. The maximum Gasteiger partial charge on any atom is 0.238 e. The van der Waals surface area contributed by atoms with E-state index in [1.807, 2.05) is 47.7 Å². The molecular weight excluding hydrogens is 715 g/mol. The number of benzene rings is 8. The zero-order valence-electron chi connectivity index (χ0n) is 30.5. The van der Waals surface area contributed by atoms with E-state index in [9.17, 15) is 0 Å². The number of aromatic nitrogens is 5. The molecule has 0 bridgehead atoms. The highest BCUT2D eigenvalue weighted by atomic mass is 32.1. The number of rotatable bonds is 5. The first-order chi connectivity index (χ1) is 28.3. The van der Waals surface area contributed by atoms with Gasteiger partial charge in [-0.15, -0.1) is 11.3 Å². The monoisotopic (exact) mass is 745 g/mol. The third-order valence-corrected chi connectivity index (χ3v) is 12.4. The zero-order valence-corrected chi connectivity index (χ0v) is 31.4. The minimum Gasteiger partial charge on any atom is -0.309 e. The van der Waals surface area contributed by atoms with Gasteiger partial charge in [0.2, 0.25) is 5.95 Å². The minimum atomic E-state index is 0.589. The highest BCUT2D eigenvalue weighted by Gasteiger charge is 2.22. The van der Waals surface area contributed by atoms with Gasteiger partial charge in [-0.1, -0.05) is 133 Å². The van der Waals surface area contributed by atoms with Crippen molar-refractivity contribution in [3.05, 3.63) is 188 Å². The Bertz CT molecular complexity index is 3450. The van der Waals surface area contributed by atoms with Gasteiger partial charge in [-0.25, -0.2) is 4.98 Å². The highest BCUT2D eigenvalue weighted by molar-refractivity contribution is 7.26. The molecule has 4 aromatic heterocycles. The van der Waals surface area contributed by atoms with Crippen LogP contribution in [0.1, 0.15) is 0 Å². The Balaban J connectivity index is 1.13. The molecule has 8 aromatic carbocycles. The van der Waals surface area contributed by atoms with Crippen molar-refractivity contribution in [2.75, 3.05) is 0 Å². The average Bonchev–Trinajstić information content (AvgIpc) is 3.94. The molecule has 0 amide bonds. The lowest BCUT2D eigenvalue weighted by molar-refractivity contribution is 0.953. The lowest BCUT2D eigenvalue weighted by Gasteiger charge is -2.11. The van der Waals surface area contributed by atoms with Gasteiger partial charge in [-0.05, 0) is 65.7 Å². The molecule has 12 rings (SSSR count). The van der Waals surface area contributed by atoms with E-state index in [-0.39, 0.29) is 0 Å². The molecule has 0 atom stereocenters. The second kappa shape index (κ2) is 12.6. The molecule has 12 aromatic rings. The number of hydrogen-bond donors (Lipinski definition) is 0. The van der Waals surface area contributed by atoms with Gasteiger partial charge in [0, 0.05) is 58.5 Å².